The predicted octanol–water partition coefficient (Wildman–Crippen LogP) is 3.77. The Hall–Kier alpha value is -2.83. The van der Waals surface area contributed by atoms with Crippen molar-refractivity contribution in [2.45, 2.75) is 19.4 Å². The summed E-state index contributed by atoms with van der Waals surface area (Å²) in [5.74, 6) is 6.94. The molecule has 1 aliphatic carbocycles. The van der Waals surface area contributed by atoms with Crippen LogP contribution in [0.2, 0.25) is 0 Å². The van der Waals surface area contributed by atoms with Gasteiger partial charge in [0.25, 0.3) is 0 Å². The molecule has 0 saturated heterocycles. The Morgan fingerprint density at radius 3 is 2.65 bits per heavy atom. The number of carbonyl (C=O) groups is 1. The number of benzene rings is 2. The first-order valence-electron chi connectivity index (χ1n) is 8.91. The number of hydrogen-bond acceptors (Lipinski definition) is 3. The third kappa shape index (κ3) is 5.91. The highest BCUT2D eigenvalue weighted by Gasteiger charge is 2.19. The normalized spacial score (nSPS) is 13.3. The van der Waals surface area contributed by atoms with Gasteiger partial charge in [0.15, 0.2) is 0 Å². The second kappa shape index (κ2) is 9.03. The predicted molar refractivity (Wildman–Crippen MR) is 104 cm³/mol. The SMILES string of the molecule is COC(=O)C=Cc1ccc(C#Cc2cccc(CNCC3CC3)c2)cc1. The van der Waals surface area contributed by atoms with Crippen LogP contribution in [-0.2, 0) is 16.1 Å². The van der Waals surface area contributed by atoms with Crippen molar-refractivity contribution in [1.82, 2.24) is 5.32 Å². The third-order valence-electron chi connectivity index (χ3n) is 4.26. The van der Waals surface area contributed by atoms with E-state index in [0.29, 0.717) is 0 Å². The zero-order valence-electron chi connectivity index (χ0n) is 15.0. The smallest absolute Gasteiger partial charge is 0.330 e. The Balaban J connectivity index is 1.59. The second-order valence-electron chi connectivity index (χ2n) is 6.50. The first kappa shape index (κ1) is 18.0. The van der Waals surface area contributed by atoms with Gasteiger partial charge in [-0.3, -0.25) is 0 Å². The van der Waals surface area contributed by atoms with Gasteiger partial charge in [0.05, 0.1) is 7.11 Å². The van der Waals surface area contributed by atoms with E-state index in [0.717, 1.165) is 35.7 Å². The summed E-state index contributed by atoms with van der Waals surface area (Å²) in [7, 11) is 1.36. The van der Waals surface area contributed by atoms with Crippen LogP contribution in [0.1, 0.15) is 35.1 Å². The molecule has 1 N–H and O–H groups in total. The van der Waals surface area contributed by atoms with Crippen molar-refractivity contribution in [3.05, 3.63) is 76.9 Å². The van der Waals surface area contributed by atoms with Crippen LogP contribution in [0.4, 0.5) is 0 Å². The van der Waals surface area contributed by atoms with Crippen LogP contribution in [0.5, 0.6) is 0 Å². The van der Waals surface area contributed by atoms with E-state index in [1.807, 2.05) is 30.3 Å². The van der Waals surface area contributed by atoms with Crippen molar-refractivity contribution in [3.63, 3.8) is 0 Å². The zero-order valence-corrected chi connectivity index (χ0v) is 15.0. The van der Waals surface area contributed by atoms with E-state index < -0.39 is 0 Å². The third-order valence-corrected chi connectivity index (χ3v) is 4.26. The van der Waals surface area contributed by atoms with E-state index in [1.165, 1.54) is 31.6 Å². The summed E-state index contributed by atoms with van der Waals surface area (Å²) in [6, 6.07) is 16.1. The van der Waals surface area contributed by atoms with E-state index in [-0.39, 0.29) is 5.97 Å². The van der Waals surface area contributed by atoms with Gasteiger partial charge in [0, 0.05) is 23.7 Å². The molecular weight excluding hydrogens is 322 g/mol. The van der Waals surface area contributed by atoms with Crippen LogP contribution in [-0.4, -0.2) is 19.6 Å². The molecule has 2 aromatic rings. The van der Waals surface area contributed by atoms with Crippen molar-refractivity contribution in [2.75, 3.05) is 13.7 Å². The summed E-state index contributed by atoms with van der Waals surface area (Å²) in [6.45, 7) is 2.01. The molecule has 1 aliphatic rings. The Kier molecular flexibility index (Phi) is 6.24. The van der Waals surface area contributed by atoms with E-state index in [1.54, 1.807) is 6.08 Å². The Bertz CT molecular complexity index is 837. The number of hydrogen-bond donors (Lipinski definition) is 1. The molecule has 0 aliphatic heterocycles. The summed E-state index contributed by atoms with van der Waals surface area (Å²) in [5.41, 5.74) is 4.16. The fourth-order valence-corrected chi connectivity index (χ4v) is 2.56. The minimum absolute atomic E-state index is 0.361. The fraction of sp³-hybridized carbons (Fsp3) is 0.261. The summed E-state index contributed by atoms with van der Waals surface area (Å²) >= 11 is 0. The van der Waals surface area contributed by atoms with Crippen LogP contribution in [0.25, 0.3) is 6.08 Å². The van der Waals surface area contributed by atoms with Crippen molar-refractivity contribution in [3.8, 4) is 11.8 Å². The minimum atomic E-state index is -0.361. The largest absolute Gasteiger partial charge is 0.466 e. The molecule has 2 aromatic carbocycles. The van der Waals surface area contributed by atoms with Crippen LogP contribution in [0.15, 0.2) is 54.6 Å². The number of carbonyl (C=O) groups excluding carboxylic acids is 1. The lowest BCUT2D eigenvalue weighted by molar-refractivity contribution is -0.134. The van der Waals surface area contributed by atoms with E-state index >= 15 is 0 Å². The molecule has 1 saturated carbocycles. The van der Waals surface area contributed by atoms with Gasteiger partial charge in [-0.25, -0.2) is 4.79 Å². The molecular formula is C23H23NO2. The molecule has 0 amide bonds. The standard InChI is InChI=1S/C23H23NO2/c1-26-23(25)14-13-19-7-5-18(6-8-19)9-10-20-3-2-4-22(15-20)17-24-16-21-11-12-21/h2-8,13-15,21,24H,11-12,16-17H2,1H3. The zero-order chi connectivity index (χ0) is 18.2. The van der Waals surface area contributed by atoms with Crippen LogP contribution < -0.4 is 5.32 Å². The number of esters is 1. The van der Waals surface area contributed by atoms with Gasteiger partial charge in [-0.2, -0.15) is 0 Å². The average Bonchev–Trinajstić information content (AvgIpc) is 3.50. The van der Waals surface area contributed by atoms with Gasteiger partial charge >= 0.3 is 5.97 Å². The molecule has 3 rings (SSSR count). The maximum atomic E-state index is 11.1. The molecule has 0 heterocycles. The average molecular weight is 345 g/mol. The highest BCUT2D eigenvalue weighted by molar-refractivity contribution is 5.86. The molecule has 0 bridgehead atoms. The van der Waals surface area contributed by atoms with Gasteiger partial charge in [0.2, 0.25) is 0 Å². The highest BCUT2D eigenvalue weighted by atomic mass is 16.5. The quantitative estimate of drug-likeness (QED) is 0.492. The second-order valence-corrected chi connectivity index (χ2v) is 6.50. The maximum Gasteiger partial charge on any atom is 0.330 e. The number of methoxy groups -OCH3 is 1. The Labute approximate surface area is 155 Å². The lowest BCUT2D eigenvalue weighted by Gasteiger charge is -2.04. The van der Waals surface area contributed by atoms with E-state index in [2.05, 4.69) is 40.1 Å². The van der Waals surface area contributed by atoms with Crippen molar-refractivity contribution < 1.29 is 9.53 Å². The number of nitrogens with one attached hydrogen (secondary N) is 1. The number of rotatable bonds is 6. The van der Waals surface area contributed by atoms with E-state index in [9.17, 15) is 4.79 Å². The topological polar surface area (TPSA) is 38.3 Å². The van der Waals surface area contributed by atoms with Crippen LogP contribution in [0, 0.1) is 17.8 Å². The van der Waals surface area contributed by atoms with Gasteiger partial charge in [0.1, 0.15) is 0 Å². The first-order chi connectivity index (χ1) is 12.7. The molecule has 132 valence electrons. The lowest BCUT2D eigenvalue weighted by Crippen LogP contribution is -2.16. The summed E-state index contributed by atoms with van der Waals surface area (Å²) in [4.78, 5) is 11.1. The molecule has 3 nitrogen and oxygen atoms in total. The summed E-state index contributed by atoms with van der Waals surface area (Å²) in [5, 5.41) is 3.51. The summed E-state index contributed by atoms with van der Waals surface area (Å²) in [6.07, 6.45) is 5.87. The molecule has 0 radical (unpaired) electrons. The first-order valence-corrected chi connectivity index (χ1v) is 8.91. The van der Waals surface area contributed by atoms with Crippen LogP contribution in [0.3, 0.4) is 0 Å². The van der Waals surface area contributed by atoms with Crippen molar-refractivity contribution in [2.24, 2.45) is 5.92 Å². The van der Waals surface area contributed by atoms with Gasteiger partial charge in [-0.05, 0) is 66.8 Å². The molecule has 3 heteroatoms. The summed E-state index contributed by atoms with van der Waals surface area (Å²) < 4.78 is 4.58. The molecule has 0 spiro atoms. The highest BCUT2D eigenvalue weighted by Crippen LogP contribution is 2.27. The van der Waals surface area contributed by atoms with Gasteiger partial charge in [-0.1, -0.05) is 36.1 Å². The lowest BCUT2D eigenvalue weighted by atomic mass is 10.1. The minimum Gasteiger partial charge on any atom is -0.466 e. The van der Waals surface area contributed by atoms with Crippen molar-refractivity contribution in [1.29, 1.82) is 0 Å². The van der Waals surface area contributed by atoms with E-state index in [4.69, 9.17) is 0 Å². The molecule has 1 fully saturated rings. The molecule has 0 unspecified atom stereocenters. The number of ether oxygens (including phenoxy) is 1. The van der Waals surface area contributed by atoms with Gasteiger partial charge in [-0.15, -0.1) is 0 Å². The maximum absolute atomic E-state index is 11.1. The molecule has 26 heavy (non-hydrogen) atoms. The van der Waals surface area contributed by atoms with Gasteiger partial charge < -0.3 is 10.1 Å². The molecule has 0 atom stereocenters. The van der Waals surface area contributed by atoms with Crippen LogP contribution >= 0.6 is 0 Å². The molecule has 0 aromatic heterocycles. The monoisotopic (exact) mass is 345 g/mol. The van der Waals surface area contributed by atoms with Crippen molar-refractivity contribution >= 4 is 12.0 Å². The fourth-order valence-electron chi connectivity index (χ4n) is 2.56. The Morgan fingerprint density at radius 1 is 1.15 bits per heavy atom. The Morgan fingerprint density at radius 2 is 1.92 bits per heavy atom.